The fourth-order valence-corrected chi connectivity index (χ4v) is 3.22. The van der Waals surface area contributed by atoms with Gasteiger partial charge in [0, 0.05) is 32.1 Å². The predicted octanol–water partition coefficient (Wildman–Crippen LogP) is 3.63. The number of benzene rings is 2. The molecule has 1 aromatic heterocycles. The predicted molar refractivity (Wildman–Crippen MR) is 108 cm³/mol. The molecular weight excluding hydrogens is 368 g/mol. The van der Waals surface area contributed by atoms with Crippen LogP contribution in [0.15, 0.2) is 66.7 Å². The van der Waals surface area contributed by atoms with Gasteiger partial charge in [-0.1, -0.05) is 60.7 Å². The number of nitrogens with zero attached hydrogens (tertiary/aromatic N) is 2. The molecule has 0 bridgehead atoms. The van der Waals surface area contributed by atoms with E-state index in [2.05, 4.69) is 10.2 Å². The lowest BCUT2D eigenvalue weighted by Gasteiger charge is -2.31. The molecule has 6 nitrogen and oxygen atoms in total. The van der Waals surface area contributed by atoms with Crippen molar-refractivity contribution in [2.45, 2.75) is 31.7 Å². The summed E-state index contributed by atoms with van der Waals surface area (Å²) in [7, 11) is 0. The van der Waals surface area contributed by atoms with Crippen LogP contribution < -0.4 is 9.47 Å². The minimum atomic E-state index is -1.06. The van der Waals surface area contributed by atoms with E-state index in [0.717, 1.165) is 11.1 Å². The molecule has 6 heteroatoms. The van der Waals surface area contributed by atoms with Crippen molar-refractivity contribution in [2.24, 2.45) is 0 Å². The summed E-state index contributed by atoms with van der Waals surface area (Å²) in [5.74, 6) is 0.777. The van der Waals surface area contributed by atoms with Crippen LogP contribution >= 0.6 is 0 Å². The van der Waals surface area contributed by atoms with Gasteiger partial charge in [-0.2, -0.15) is 0 Å². The largest absolute Gasteiger partial charge is 0.483 e. The molecule has 0 atom stereocenters. The van der Waals surface area contributed by atoms with Crippen molar-refractivity contribution in [1.29, 1.82) is 0 Å². The second-order valence-corrected chi connectivity index (χ2v) is 7.09. The van der Waals surface area contributed by atoms with Gasteiger partial charge < -0.3 is 19.3 Å². The Morgan fingerprint density at radius 2 is 1.41 bits per heavy atom. The third-order valence-corrected chi connectivity index (χ3v) is 4.98. The fourth-order valence-electron chi connectivity index (χ4n) is 3.22. The monoisotopic (exact) mass is 392 g/mol. The lowest BCUT2D eigenvalue weighted by molar-refractivity contribution is -0.0712. The summed E-state index contributed by atoms with van der Waals surface area (Å²) >= 11 is 0. The highest BCUT2D eigenvalue weighted by molar-refractivity contribution is 5.36. The molecule has 4 rings (SSSR count). The van der Waals surface area contributed by atoms with Crippen molar-refractivity contribution in [3.05, 3.63) is 83.6 Å². The molecule has 0 unspecified atom stereocenters. The zero-order valence-electron chi connectivity index (χ0n) is 16.2. The van der Waals surface area contributed by atoms with Gasteiger partial charge in [0.25, 0.3) is 5.88 Å². The summed E-state index contributed by atoms with van der Waals surface area (Å²) in [4.78, 5) is 0. The van der Waals surface area contributed by atoms with E-state index in [4.69, 9.17) is 14.2 Å². The van der Waals surface area contributed by atoms with Crippen LogP contribution in [0.3, 0.4) is 0 Å². The first-order valence-corrected chi connectivity index (χ1v) is 9.75. The first-order chi connectivity index (χ1) is 14.2. The smallest absolute Gasteiger partial charge is 0.276 e. The minimum absolute atomic E-state index is 0.309. The van der Waals surface area contributed by atoms with Gasteiger partial charge in [0.15, 0.2) is 5.75 Å². The van der Waals surface area contributed by atoms with Crippen molar-refractivity contribution in [1.82, 2.24) is 10.2 Å². The molecule has 0 aliphatic carbocycles. The molecule has 2 aromatic carbocycles. The molecule has 0 saturated carbocycles. The Balaban J connectivity index is 1.56. The first-order valence-electron chi connectivity index (χ1n) is 9.75. The Labute approximate surface area is 170 Å². The van der Waals surface area contributed by atoms with E-state index in [9.17, 15) is 5.11 Å². The van der Waals surface area contributed by atoms with Gasteiger partial charge in [0.05, 0.1) is 5.69 Å². The summed E-state index contributed by atoms with van der Waals surface area (Å²) in [5, 5.41) is 19.4. The Hall–Kier alpha value is -2.96. The molecule has 1 aliphatic heterocycles. The van der Waals surface area contributed by atoms with Crippen LogP contribution in [0.1, 0.15) is 29.7 Å². The minimum Gasteiger partial charge on any atom is -0.483 e. The SMILES string of the molecule is OC1(c2cc(OCc3ccccc3)c(OCc3ccccc3)nn2)CCOCC1. The molecule has 0 radical (unpaired) electrons. The van der Waals surface area contributed by atoms with Crippen LogP contribution in [-0.4, -0.2) is 28.5 Å². The van der Waals surface area contributed by atoms with E-state index >= 15 is 0 Å². The normalized spacial score (nSPS) is 15.6. The van der Waals surface area contributed by atoms with Crippen LogP contribution in [0.5, 0.6) is 11.6 Å². The van der Waals surface area contributed by atoms with E-state index in [0.29, 0.717) is 56.6 Å². The third kappa shape index (κ3) is 4.91. The molecule has 1 fully saturated rings. The van der Waals surface area contributed by atoms with Gasteiger partial charge in [-0.3, -0.25) is 0 Å². The number of hydrogen-bond acceptors (Lipinski definition) is 6. The van der Waals surface area contributed by atoms with Crippen LogP contribution in [0.4, 0.5) is 0 Å². The van der Waals surface area contributed by atoms with Gasteiger partial charge in [-0.25, -0.2) is 0 Å². The fraction of sp³-hybridized carbons (Fsp3) is 0.304. The Morgan fingerprint density at radius 3 is 2.03 bits per heavy atom. The van der Waals surface area contributed by atoms with E-state index in [-0.39, 0.29) is 0 Å². The highest BCUT2D eigenvalue weighted by Crippen LogP contribution is 2.35. The Morgan fingerprint density at radius 1 is 0.828 bits per heavy atom. The van der Waals surface area contributed by atoms with Crippen molar-refractivity contribution in [3.8, 4) is 11.6 Å². The van der Waals surface area contributed by atoms with E-state index in [1.54, 1.807) is 6.07 Å². The maximum atomic E-state index is 11.0. The van der Waals surface area contributed by atoms with Gasteiger partial charge in [0.1, 0.15) is 18.8 Å². The van der Waals surface area contributed by atoms with Crippen molar-refractivity contribution < 1.29 is 19.3 Å². The maximum Gasteiger partial charge on any atom is 0.276 e. The number of aromatic nitrogens is 2. The highest BCUT2D eigenvalue weighted by Gasteiger charge is 2.34. The molecule has 0 amide bonds. The average molecular weight is 392 g/mol. The standard InChI is InChI=1S/C23H24N2O4/c26-23(11-13-27-14-12-23)21-15-20(28-16-18-7-3-1-4-8-18)22(25-24-21)29-17-19-9-5-2-6-10-19/h1-10,15,26H,11-14,16-17H2. The quantitative estimate of drug-likeness (QED) is 0.662. The van der Waals surface area contributed by atoms with Crippen LogP contribution in [0.25, 0.3) is 0 Å². The van der Waals surface area contributed by atoms with Crippen molar-refractivity contribution in [3.63, 3.8) is 0 Å². The topological polar surface area (TPSA) is 73.7 Å². The van der Waals surface area contributed by atoms with Gasteiger partial charge in [0.2, 0.25) is 0 Å². The van der Waals surface area contributed by atoms with Crippen LogP contribution in [0, 0.1) is 0 Å². The summed E-state index contributed by atoms with van der Waals surface area (Å²) < 4.78 is 17.3. The van der Waals surface area contributed by atoms with Gasteiger partial charge in [-0.15, -0.1) is 10.2 Å². The Bertz CT molecular complexity index is 913. The number of ether oxygens (including phenoxy) is 3. The summed E-state index contributed by atoms with van der Waals surface area (Å²) in [6.45, 7) is 1.71. The van der Waals surface area contributed by atoms with Crippen molar-refractivity contribution >= 4 is 0 Å². The maximum absolute atomic E-state index is 11.0. The molecular formula is C23H24N2O4. The lowest BCUT2D eigenvalue weighted by atomic mass is 9.90. The molecule has 0 spiro atoms. The second-order valence-electron chi connectivity index (χ2n) is 7.09. The molecule has 1 N–H and O–H groups in total. The number of aliphatic hydroxyl groups is 1. The summed E-state index contributed by atoms with van der Waals surface area (Å²) in [6, 6.07) is 21.5. The molecule has 150 valence electrons. The van der Waals surface area contributed by atoms with Gasteiger partial charge in [-0.05, 0) is 11.1 Å². The number of hydrogen-bond donors (Lipinski definition) is 1. The van der Waals surface area contributed by atoms with Gasteiger partial charge >= 0.3 is 0 Å². The average Bonchev–Trinajstić information content (AvgIpc) is 2.78. The molecule has 1 aliphatic rings. The number of rotatable bonds is 7. The molecule has 2 heterocycles. The Kier molecular flexibility index (Phi) is 6.03. The van der Waals surface area contributed by atoms with E-state index in [1.807, 2.05) is 60.7 Å². The highest BCUT2D eigenvalue weighted by atomic mass is 16.5. The van der Waals surface area contributed by atoms with Crippen molar-refractivity contribution in [2.75, 3.05) is 13.2 Å². The summed E-state index contributed by atoms with van der Waals surface area (Å²) in [5.41, 5.74) is 1.48. The third-order valence-electron chi connectivity index (χ3n) is 4.98. The first kappa shape index (κ1) is 19.4. The zero-order valence-corrected chi connectivity index (χ0v) is 16.2. The van der Waals surface area contributed by atoms with E-state index in [1.165, 1.54) is 0 Å². The molecule has 3 aromatic rings. The molecule has 1 saturated heterocycles. The second kappa shape index (κ2) is 9.03. The summed E-state index contributed by atoms with van der Waals surface area (Å²) in [6.07, 6.45) is 0.952. The van der Waals surface area contributed by atoms with Crippen LogP contribution in [0.2, 0.25) is 0 Å². The molecule has 29 heavy (non-hydrogen) atoms. The van der Waals surface area contributed by atoms with Crippen LogP contribution in [-0.2, 0) is 23.6 Å². The van der Waals surface area contributed by atoms with E-state index < -0.39 is 5.60 Å². The zero-order chi connectivity index (χ0) is 19.9. The lowest BCUT2D eigenvalue weighted by Crippen LogP contribution is -2.34.